The van der Waals surface area contributed by atoms with Gasteiger partial charge in [-0.05, 0) is 33.1 Å². The fraction of sp³-hybridized carbons (Fsp3) is 0.722. The van der Waals surface area contributed by atoms with E-state index in [0.29, 0.717) is 19.4 Å². The number of amides is 3. The zero-order valence-corrected chi connectivity index (χ0v) is 16.3. The second-order valence-electron chi connectivity index (χ2n) is 7.48. The predicted molar refractivity (Wildman–Crippen MR) is 96.2 cm³/mol. The normalized spacial score (nSPS) is 25.5. The standard InChI is InChI=1S/C18H27N3O7/c1-10(19-17(27)13-5-4-8-21(13)11(2)22)16(26)20-12(6-7-14(23)24)15(25)18(3)9-28-18/h10,12-13H,4-9H2,1-3H3,(H,19,27)(H,20,26)(H,23,24). The van der Waals surface area contributed by atoms with Crippen molar-refractivity contribution in [2.75, 3.05) is 13.2 Å². The molecule has 0 aromatic carbocycles. The number of carbonyl (C=O) groups excluding carboxylic acids is 4. The molecule has 4 atom stereocenters. The van der Waals surface area contributed by atoms with E-state index in [1.165, 1.54) is 18.7 Å². The van der Waals surface area contributed by atoms with Gasteiger partial charge < -0.3 is 25.4 Å². The molecule has 3 N–H and O–H groups in total. The van der Waals surface area contributed by atoms with Crippen LogP contribution in [0.25, 0.3) is 0 Å². The number of nitrogens with one attached hydrogen (secondary N) is 2. The lowest BCUT2D eigenvalue weighted by Crippen LogP contribution is -2.55. The van der Waals surface area contributed by atoms with Crippen LogP contribution in [0.15, 0.2) is 0 Å². The Morgan fingerprint density at radius 3 is 2.43 bits per heavy atom. The van der Waals surface area contributed by atoms with E-state index in [9.17, 15) is 24.0 Å². The Labute approximate surface area is 163 Å². The van der Waals surface area contributed by atoms with Crippen molar-refractivity contribution in [3.8, 4) is 0 Å². The lowest BCUT2D eigenvalue weighted by atomic mass is 9.96. The molecule has 0 bridgehead atoms. The van der Waals surface area contributed by atoms with E-state index in [-0.39, 0.29) is 31.1 Å². The molecule has 2 rings (SSSR count). The van der Waals surface area contributed by atoms with E-state index in [2.05, 4.69) is 10.6 Å². The van der Waals surface area contributed by atoms with Gasteiger partial charge in [0.2, 0.25) is 17.7 Å². The highest BCUT2D eigenvalue weighted by Crippen LogP contribution is 2.29. The molecule has 156 valence electrons. The molecular formula is C18H27N3O7. The molecule has 3 amide bonds. The average molecular weight is 397 g/mol. The van der Waals surface area contributed by atoms with Crippen molar-refractivity contribution in [1.29, 1.82) is 0 Å². The van der Waals surface area contributed by atoms with E-state index >= 15 is 0 Å². The first-order chi connectivity index (χ1) is 13.0. The summed E-state index contributed by atoms with van der Waals surface area (Å²) in [7, 11) is 0. The summed E-state index contributed by atoms with van der Waals surface area (Å²) in [5.41, 5.74) is -1.01. The Balaban J connectivity index is 1.95. The maximum atomic E-state index is 12.5. The van der Waals surface area contributed by atoms with Gasteiger partial charge in [-0.15, -0.1) is 0 Å². The number of rotatable bonds is 9. The van der Waals surface area contributed by atoms with Crippen molar-refractivity contribution in [3.63, 3.8) is 0 Å². The summed E-state index contributed by atoms with van der Waals surface area (Å²) in [6, 6.07) is -2.58. The number of likely N-dealkylation sites (tertiary alicyclic amines) is 1. The van der Waals surface area contributed by atoms with Crippen LogP contribution in [0, 0.1) is 0 Å². The predicted octanol–water partition coefficient (Wildman–Crippen LogP) is -0.790. The molecule has 2 aliphatic heterocycles. The largest absolute Gasteiger partial charge is 0.481 e. The number of carboxylic acids is 1. The van der Waals surface area contributed by atoms with Crippen molar-refractivity contribution >= 4 is 29.5 Å². The van der Waals surface area contributed by atoms with E-state index in [4.69, 9.17) is 9.84 Å². The van der Waals surface area contributed by atoms with Crippen LogP contribution in [0.2, 0.25) is 0 Å². The third-order valence-electron chi connectivity index (χ3n) is 5.09. The summed E-state index contributed by atoms with van der Waals surface area (Å²) in [6.45, 7) is 5.16. The number of nitrogens with zero attached hydrogens (tertiary/aromatic N) is 1. The van der Waals surface area contributed by atoms with Crippen LogP contribution in [0.4, 0.5) is 0 Å². The quantitative estimate of drug-likeness (QED) is 0.432. The minimum absolute atomic E-state index is 0.0692. The SMILES string of the molecule is CC(=O)N1CCCC1C(=O)NC(C)C(=O)NC(CCC(=O)O)C(=O)C1(C)CO1. The van der Waals surface area contributed by atoms with Crippen LogP contribution in [0.1, 0.15) is 46.5 Å². The Kier molecular flexibility index (Phi) is 6.76. The molecule has 0 aliphatic carbocycles. The minimum Gasteiger partial charge on any atom is -0.481 e. The van der Waals surface area contributed by atoms with Gasteiger partial charge in [0.05, 0.1) is 12.6 Å². The monoisotopic (exact) mass is 397 g/mol. The highest BCUT2D eigenvalue weighted by molar-refractivity contribution is 5.98. The fourth-order valence-corrected chi connectivity index (χ4v) is 3.24. The van der Waals surface area contributed by atoms with Crippen molar-refractivity contribution in [2.45, 2.75) is 70.2 Å². The van der Waals surface area contributed by atoms with Crippen molar-refractivity contribution < 1.29 is 33.8 Å². The number of epoxide rings is 1. The molecule has 2 fully saturated rings. The first kappa shape index (κ1) is 21.8. The van der Waals surface area contributed by atoms with Crippen LogP contribution in [0.3, 0.4) is 0 Å². The topological polar surface area (TPSA) is 145 Å². The average Bonchev–Trinajstić information content (AvgIpc) is 3.18. The second kappa shape index (κ2) is 8.68. The zero-order valence-electron chi connectivity index (χ0n) is 16.3. The molecule has 0 spiro atoms. The van der Waals surface area contributed by atoms with Crippen molar-refractivity contribution in [3.05, 3.63) is 0 Å². The first-order valence-corrected chi connectivity index (χ1v) is 9.33. The molecule has 10 heteroatoms. The van der Waals surface area contributed by atoms with Crippen molar-refractivity contribution in [2.24, 2.45) is 0 Å². The van der Waals surface area contributed by atoms with E-state index in [1.807, 2.05) is 0 Å². The fourth-order valence-electron chi connectivity index (χ4n) is 3.24. The van der Waals surface area contributed by atoms with Gasteiger partial charge in [-0.3, -0.25) is 24.0 Å². The minimum atomic E-state index is -1.08. The van der Waals surface area contributed by atoms with Gasteiger partial charge in [-0.2, -0.15) is 0 Å². The first-order valence-electron chi connectivity index (χ1n) is 9.33. The Morgan fingerprint density at radius 1 is 1.25 bits per heavy atom. The van der Waals surface area contributed by atoms with E-state index in [1.54, 1.807) is 6.92 Å². The smallest absolute Gasteiger partial charge is 0.303 e. The van der Waals surface area contributed by atoms with Crippen LogP contribution in [0.5, 0.6) is 0 Å². The molecule has 2 heterocycles. The van der Waals surface area contributed by atoms with E-state index < -0.39 is 41.5 Å². The van der Waals surface area contributed by atoms with Gasteiger partial charge in [0.25, 0.3) is 0 Å². The number of hydrogen-bond acceptors (Lipinski definition) is 6. The molecule has 28 heavy (non-hydrogen) atoms. The number of carboxylic acid groups (broad SMARTS) is 1. The molecule has 2 saturated heterocycles. The lowest BCUT2D eigenvalue weighted by molar-refractivity contribution is -0.139. The maximum Gasteiger partial charge on any atom is 0.303 e. The summed E-state index contributed by atoms with van der Waals surface area (Å²) >= 11 is 0. The molecular weight excluding hydrogens is 370 g/mol. The summed E-state index contributed by atoms with van der Waals surface area (Å²) < 4.78 is 5.10. The van der Waals surface area contributed by atoms with Gasteiger partial charge in [-0.25, -0.2) is 0 Å². The third kappa shape index (κ3) is 5.28. The summed E-state index contributed by atoms with van der Waals surface area (Å²) in [4.78, 5) is 61.3. The van der Waals surface area contributed by atoms with E-state index in [0.717, 1.165) is 0 Å². The van der Waals surface area contributed by atoms with Gasteiger partial charge in [-0.1, -0.05) is 0 Å². The number of carbonyl (C=O) groups is 5. The molecule has 2 aliphatic rings. The van der Waals surface area contributed by atoms with Gasteiger partial charge in [0.1, 0.15) is 17.7 Å². The van der Waals surface area contributed by atoms with Crippen LogP contribution in [-0.4, -0.2) is 76.4 Å². The molecule has 4 unspecified atom stereocenters. The summed E-state index contributed by atoms with van der Waals surface area (Å²) in [5, 5.41) is 14.0. The number of aliphatic carboxylic acids is 1. The van der Waals surface area contributed by atoms with Crippen LogP contribution in [-0.2, 0) is 28.7 Å². The molecule has 10 nitrogen and oxygen atoms in total. The van der Waals surface area contributed by atoms with Gasteiger partial charge in [0, 0.05) is 19.9 Å². The lowest BCUT2D eigenvalue weighted by Gasteiger charge is -2.25. The highest BCUT2D eigenvalue weighted by Gasteiger charge is 2.50. The zero-order chi connectivity index (χ0) is 21.1. The number of ketones is 1. The number of hydrogen-bond donors (Lipinski definition) is 3. The van der Waals surface area contributed by atoms with Gasteiger partial charge >= 0.3 is 5.97 Å². The molecule has 0 saturated carbocycles. The molecule has 0 aromatic rings. The summed E-state index contributed by atoms with van der Waals surface area (Å²) in [6.07, 6.45) is 0.876. The second-order valence-corrected chi connectivity index (χ2v) is 7.48. The molecule has 0 aromatic heterocycles. The highest BCUT2D eigenvalue weighted by atomic mass is 16.6. The Hall–Kier alpha value is -2.49. The number of ether oxygens (including phenoxy) is 1. The third-order valence-corrected chi connectivity index (χ3v) is 5.09. The molecule has 0 radical (unpaired) electrons. The van der Waals surface area contributed by atoms with Crippen LogP contribution >= 0.6 is 0 Å². The summed E-state index contributed by atoms with van der Waals surface area (Å²) in [5.74, 6) is -2.71. The number of Topliss-reactive ketones (excluding diaryl/α,β-unsaturated/α-hetero) is 1. The Morgan fingerprint density at radius 2 is 1.89 bits per heavy atom. The van der Waals surface area contributed by atoms with Gasteiger partial charge in [0.15, 0.2) is 5.78 Å². The maximum absolute atomic E-state index is 12.5. The van der Waals surface area contributed by atoms with Crippen LogP contribution < -0.4 is 10.6 Å². The van der Waals surface area contributed by atoms with Crippen molar-refractivity contribution in [1.82, 2.24) is 15.5 Å². The Bertz CT molecular complexity index is 674.